The Labute approximate surface area is 196 Å². The molecule has 0 unspecified atom stereocenters. The lowest BCUT2D eigenvalue weighted by Crippen LogP contribution is -2.17. The van der Waals surface area contributed by atoms with E-state index in [9.17, 15) is 4.79 Å². The van der Waals surface area contributed by atoms with Gasteiger partial charge in [-0.3, -0.25) is 4.79 Å². The molecule has 1 N–H and O–H groups in total. The van der Waals surface area contributed by atoms with Crippen LogP contribution in [0.4, 0.5) is 5.69 Å². The third kappa shape index (κ3) is 4.30. The van der Waals surface area contributed by atoms with Crippen LogP contribution in [0, 0.1) is 0 Å². The van der Waals surface area contributed by atoms with Gasteiger partial charge in [-0.25, -0.2) is 19.6 Å². The number of carbonyl (C=O) groups is 1. The van der Waals surface area contributed by atoms with Crippen molar-refractivity contribution in [3.63, 3.8) is 0 Å². The van der Waals surface area contributed by atoms with Crippen molar-refractivity contribution in [3.05, 3.63) is 90.5 Å². The highest BCUT2D eigenvalue weighted by atomic mass is 16.3. The minimum absolute atomic E-state index is 0.174. The van der Waals surface area contributed by atoms with Gasteiger partial charge in [0.05, 0.1) is 47.2 Å². The molecule has 8 nitrogen and oxygen atoms in total. The minimum atomic E-state index is -0.283. The summed E-state index contributed by atoms with van der Waals surface area (Å²) in [6, 6.07) is 15.2. The minimum Gasteiger partial charge on any atom is -0.467 e. The largest absolute Gasteiger partial charge is 0.467 e. The zero-order valence-electron chi connectivity index (χ0n) is 19.2. The number of aromatic nitrogens is 5. The number of anilines is 1. The number of amides is 1. The van der Waals surface area contributed by atoms with E-state index in [1.54, 1.807) is 35.6 Å². The normalized spacial score (nSPS) is 11.6. The highest BCUT2D eigenvalue weighted by Crippen LogP contribution is 2.26. The highest BCUT2D eigenvalue weighted by Gasteiger charge is 2.20. The summed E-state index contributed by atoms with van der Waals surface area (Å²) < 4.78 is 7.21. The number of benzene rings is 1. The SMILES string of the molecule is CC(C)(C)c1ncc(NC(=O)c2cc(-c3ccccc3)nc3c2cnn3Cc2ccco2)cn1. The van der Waals surface area contributed by atoms with Crippen molar-refractivity contribution in [2.24, 2.45) is 0 Å². The average Bonchev–Trinajstić information content (AvgIpc) is 3.49. The van der Waals surface area contributed by atoms with E-state index >= 15 is 0 Å². The fraction of sp³-hybridized carbons (Fsp3) is 0.192. The number of hydrogen-bond acceptors (Lipinski definition) is 6. The first-order valence-electron chi connectivity index (χ1n) is 11.0. The van der Waals surface area contributed by atoms with Crippen LogP contribution < -0.4 is 5.32 Å². The van der Waals surface area contributed by atoms with Crippen LogP contribution in [0.2, 0.25) is 0 Å². The molecule has 5 aromatic rings. The van der Waals surface area contributed by atoms with Crippen molar-refractivity contribution in [3.8, 4) is 11.3 Å². The van der Waals surface area contributed by atoms with Crippen molar-refractivity contribution in [1.29, 1.82) is 0 Å². The number of carbonyl (C=O) groups excluding carboxylic acids is 1. The topological polar surface area (TPSA) is 98.7 Å². The number of pyridine rings is 1. The lowest BCUT2D eigenvalue weighted by Gasteiger charge is -2.16. The molecule has 8 heteroatoms. The lowest BCUT2D eigenvalue weighted by molar-refractivity contribution is 0.102. The van der Waals surface area contributed by atoms with E-state index in [4.69, 9.17) is 9.40 Å². The van der Waals surface area contributed by atoms with E-state index < -0.39 is 0 Å². The molecule has 0 aliphatic rings. The monoisotopic (exact) mass is 452 g/mol. The fourth-order valence-corrected chi connectivity index (χ4v) is 3.64. The van der Waals surface area contributed by atoms with Gasteiger partial charge in [-0.2, -0.15) is 5.10 Å². The van der Waals surface area contributed by atoms with Crippen LogP contribution >= 0.6 is 0 Å². The van der Waals surface area contributed by atoms with E-state index in [-0.39, 0.29) is 11.3 Å². The summed E-state index contributed by atoms with van der Waals surface area (Å²) in [7, 11) is 0. The molecule has 0 atom stereocenters. The molecule has 0 saturated carbocycles. The molecule has 0 spiro atoms. The quantitative estimate of drug-likeness (QED) is 0.399. The lowest BCUT2D eigenvalue weighted by atomic mass is 9.96. The van der Waals surface area contributed by atoms with E-state index in [1.807, 2.05) is 63.2 Å². The molecule has 0 radical (unpaired) electrons. The summed E-state index contributed by atoms with van der Waals surface area (Å²) in [6.07, 6.45) is 6.54. The van der Waals surface area contributed by atoms with Gasteiger partial charge in [0.15, 0.2) is 5.65 Å². The second-order valence-electron chi connectivity index (χ2n) is 9.04. The van der Waals surface area contributed by atoms with Gasteiger partial charge >= 0.3 is 0 Å². The standard InChI is InChI=1S/C26H24N6O2/c1-26(2,3)25-27-13-18(14-28-25)30-24(33)20-12-22(17-8-5-4-6-9-17)31-23-21(20)15-29-32(23)16-19-10-7-11-34-19/h4-15H,16H2,1-3H3,(H,30,33). The van der Waals surface area contributed by atoms with Gasteiger partial charge in [-0.05, 0) is 18.2 Å². The van der Waals surface area contributed by atoms with Gasteiger partial charge in [0.1, 0.15) is 18.1 Å². The Morgan fingerprint density at radius 2 is 1.79 bits per heavy atom. The summed E-state index contributed by atoms with van der Waals surface area (Å²) in [5.41, 5.74) is 3.00. The van der Waals surface area contributed by atoms with Crippen molar-refractivity contribution < 1.29 is 9.21 Å². The molecule has 0 aliphatic heterocycles. The second-order valence-corrected chi connectivity index (χ2v) is 9.04. The Balaban J connectivity index is 1.55. The van der Waals surface area contributed by atoms with Crippen LogP contribution in [0.3, 0.4) is 0 Å². The molecule has 0 bridgehead atoms. The van der Waals surface area contributed by atoms with Crippen molar-refractivity contribution in [2.45, 2.75) is 32.7 Å². The summed E-state index contributed by atoms with van der Waals surface area (Å²) >= 11 is 0. The third-order valence-electron chi connectivity index (χ3n) is 5.39. The molecule has 0 aliphatic carbocycles. The maximum absolute atomic E-state index is 13.4. The van der Waals surface area contributed by atoms with Crippen LogP contribution in [0.1, 0.15) is 42.7 Å². The fourth-order valence-electron chi connectivity index (χ4n) is 3.64. The van der Waals surface area contributed by atoms with Crippen molar-refractivity contribution in [1.82, 2.24) is 24.7 Å². The maximum atomic E-state index is 13.4. The molecule has 1 amide bonds. The number of nitrogens with one attached hydrogen (secondary N) is 1. The van der Waals surface area contributed by atoms with Gasteiger partial charge < -0.3 is 9.73 Å². The molecular weight excluding hydrogens is 428 g/mol. The van der Waals surface area contributed by atoms with Crippen molar-refractivity contribution >= 4 is 22.6 Å². The first-order valence-corrected chi connectivity index (χ1v) is 11.0. The predicted octanol–water partition coefficient (Wildman–Crippen LogP) is 5.08. The summed E-state index contributed by atoms with van der Waals surface area (Å²) in [4.78, 5) is 27.0. The first kappa shape index (κ1) is 21.5. The first-order chi connectivity index (χ1) is 16.4. The maximum Gasteiger partial charge on any atom is 0.256 e. The van der Waals surface area contributed by atoms with E-state index in [1.165, 1.54) is 0 Å². The summed E-state index contributed by atoms with van der Waals surface area (Å²) in [5.74, 6) is 1.18. The number of nitrogens with zero attached hydrogens (tertiary/aromatic N) is 5. The Morgan fingerprint density at radius 3 is 2.47 bits per heavy atom. The van der Waals surface area contributed by atoms with Gasteiger partial charge in [-0.1, -0.05) is 51.1 Å². The van der Waals surface area contributed by atoms with Gasteiger partial charge in [0.2, 0.25) is 0 Å². The van der Waals surface area contributed by atoms with Crippen LogP contribution in [0.15, 0.2) is 77.8 Å². The van der Waals surface area contributed by atoms with Gasteiger partial charge in [0, 0.05) is 11.0 Å². The Morgan fingerprint density at radius 1 is 1.03 bits per heavy atom. The molecular formula is C26H24N6O2. The summed E-state index contributed by atoms with van der Waals surface area (Å²) in [6.45, 7) is 6.53. The zero-order chi connectivity index (χ0) is 23.7. The van der Waals surface area contributed by atoms with Crippen LogP contribution in [-0.4, -0.2) is 30.6 Å². The average molecular weight is 453 g/mol. The van der Waals surface area contributed by atoms with Crippen LogP contribution in [-0.2, 0) is 12.0 Å². The van der Waals surface area contributed by atoms with E-state index in [2.05, 4.69) is 20.4 Å². The number of hydrogen-bond donors (Lipinski definition) is 1. The number of fused-ring (bicyclic) bond motifs is 1. The highest BCUT2D eigenvalue weighted by molar-refractivity contribution is 6.12. The molecule has 1 aromatic carbocycles. The molecule has 4 aromatic heterocycles. The van der Waals surface area contributed by atoms with Crippen LogP contribution in [0.5, 0.6) is 0 Å². The van der Waals surface area contributed by atoms with Gasteiger partial charge in [-0.15, -0.1) is 0 Å². The van der Waals surface area contributed by atoms with E-state index in [0.29, 0.717) is 40.3 Å². The third-order valence-corrected chi connectivity index (χ3v) is 5.39. The molecule has 0 fully saturated rings. The Hall–Kier alpha value is -4.33. The van der Waals surface area contributed by atoms with Crippen LogP contribution in [0.25, 0.3) is 22.3 Å². The van der Waals surface area contributed by atoms with Gasteiger partial charge in [0.25, 0.3) is 5.91 Å². The van der Waals surface area contributed by atoms with E-state index in [0.717, 1.165) is 11.3 Å². The molecule has 170 valence electrons. The van der Waals surface area contributed by atoms with Crippen molar-refractivity contribution in [2.75, 3.05) is 5.32 Å². The molecule has 0 saturated heterocycles. The Bertz CT molecular complexity index is 1430. The second kappa shape index (κ2) is 8.55. The zero-order valence-corrected chi connectivity index (χ0v) is 19.2. The molecule has 34 heavy (non-hydrogen) atoms. The number of rotatable bonds is 5. The number of furan rings is 1. The smallest absolute Gasteiger partial charge is 0.256 e. The Kier molecular flexibility index (Phi) is 5.41. The molecule has 5 rings (SSSR count). The molecule has 4 heterocycles. The summed E-state index contributed by atoms with van der Waals surface area (Å²) in [5, 5.41) is 8.05. The predicted molar refractivity (Wildman–Crippen MR) is 129 cm³/mol.